The van der Waals surface area contributed by atoms with Crippen molar-refractivity contribution in [3.63, 3.8) is 0 Å². The van der Waals surface area contributed by atoms with Crippen molar-refractivity contribution < 1.29 is 5.11 Å². The van der Waals surface area contributed by atoms with Gasteiger partial charge in [0, 0.05) is 11.6 Å². The molecule has 0 amide bonds. The van der Waals surface area contributed by atoms with E-state index in [1.165, 1.54) is 12.8 Å². The molecular weight excluding hydrogens is 208 g/mol. The van der Waals surface area contributed by atoms with Crippen molar-refractivity contribution in [1.82, 2.24) is 0 Å². The van der Waals surface area contributed by atoms with Crippen LogP contribution < -0.4 is 0 Å². The summed E-state index contributed by atoms with van der Waals surface area (Å²) in [6.45, 7) is 2.41. The van der Waals surface area contributed by atoms with Gasteiger partial charge in [0.05, 0.1) is 0 Å². The second kappa shape index (κ2) is 4.15. The van der Waals surface area contributed by atoms with Crippen LogP contribution in [0.1, 0.15) is 25.3 Å². The van der Waals surface area contributed by atoms with Gasteiger partial charge in [0.1, 0.15) is 0 Å². The van der Waals surface area contributed by atoms with Crippen LogP contribution >= 0.6 is 11.6 Å². The lowest BCUT2D eigenvalue weighted by Crippen LogP contribution is -2.26. The second-order valence-corrected chi connectivity index (χ2v) is 5.26. The average molecular weight is 225 g/mol. The first-order valence-corrected chi connectivity index (χ1v) is 5.88. The monoisotopic (exact) mass is 224 g/mol. The Balaban J connectivity index is 2.16. The Hall–Kier alpha value is -0.530. The standard InChI is InChI=1S/C13H17ClO/c1-13(9-15,11-6-7-11)8-10-4-2-3-5-12(10)14/h2-5,11,15H,6-9H2,1H3. The molecule has 2 heteroatoms. The maximum atomic E-state index is 9.50. The Kier molecular flexibility index (Phi) is 3.03. The third-order valence-corrected chi connectivity index (χ3v) is 3.85. The molecule has 1 unspecified atom stereocenters. The van der Waals surface area contributed by atoms with Crippen LogP contribution in [0.3, 0.4) is 0 Å². The summed E-state index contributed by atoms with van der Waals surface area (Å²) in [7, 11) is 0. The maximum absolute atomic E-state index is 9.50. The van der Waals surface area contributed by atoms with Crippen molar-refractivity contribution in [3.8, 4) is 0 Å². The van der Waals surface area contributed by atoms with Gasteiger partial charge < -0.3 is 5.11 Å². The normalized spacial score (nSPS) is 19.9. The van der Waals surface area contributed by atoms with Crippen LogP contribution in [0, 0.1) is 11.3 Å². The van der Waals surface area contributed by atoms with Crippen LogP contribution in [-0.4, -0.2) is 11.7 Å². The van der Waals surface area contributed by atoms with E-state index < -0.39 is 0 Å². The molecule has 0 saturated heterocycles. The van der Waals surface area contributed by atoms with Gasteiger partial charge in [-0.05, 0) is 42.2 Å². The molecule has 1 aromatic carbocycles. The van der Waals surface area contributed by atoms with Gasteiger partial charge in [-0.1, -0.05) is 36.7 Å². The number of benzene rings is 1. The molecule has 1 aliphatic carbocycles. The van der Waals surface area contributed by atoms with Crippen LogP contribution in [0.25, 0.3) is 0 Å². The van der Waals surface area contributed by atoms with Crippen LogP contribution in [0.5, 0.6) is 0 Å². The van der Waals surface area contributed by atoms with E-state index in [0.29, 0.717) is 5.92 Å². The minimum absolute atomic E-state index is 0.0188. The second-order valence-electron chi connectivity index (χ2n) is 4.85. The molecule has 15 heavy (non-hydrogen) atoms. The summed E-state index contributed by atoms with van der Waals surface area (Å²) < 4.78 is 0. The Morgan fingerprint density at radius 2 is 2.07 bits per heavy atom. The zero-order valence-corrected chi connectivity index (χ0v) is 9.80. The quantitative estimate of drug-likeness (QED) is 0.832. The summed E-state index contributed by atoms with van der Waals surface area (Å²) in [4.78, 5) is 0. The lowest BCUT2D eigenvalue weighted by Gasteiger charge is -2.27. The highest BCUT2D eigenvalue weighted by Gasteiger charge is 2.41. The van der Waals surface area contributed by atoms with Gasteiger partial charge in [0.2, 0.25) is 0 Å². The molecular formula is C13H17ClO. The largest absolute Gasteiger partial charge is 0.396 e. The van der Waals surface area contributed by atoms with Crippen LogP contribution in [0.15, 0.2) is 24.3 Å². The van der Waals surface area contributed by atoms with Gasteiger partial charge in [0.15, 0.2) is 0 Å². The molecule has 1 aromatic rings. The number of hydrogen-bond acceptors (Lipinski definition) is 1. The van der Waals surface area contributed by atoms with E-state index in [9.17, 15) is 5.11 Å². The fourth-order valence-electron chi connectivity index (χ4n) is 2.19. The minimum atomic E-state index is 0.0188. The molecule has 0 aliphatic heterocycles. The summed E-state index contributed by atoms with van der Waals surface area (Å²) in [5, 5.41) is 10.3. The summed E-state index contributed by atoms with van der Waals surface area (Å²) in [6, 6.07) is 7.92. The molecule has 0 heterocycles. The maximum Gasteiger partial charge on any atom is 0.0490 e. The fourth-order valence-corrected chi connectivity index (χ4v) is 2.39. The third-order valence-electron chi connectivity index (χ3n) is 3.48. The van der Waals surface area contributed by atoms with E-state index in [-0.39, 0.29) is 12.0 Å². The molecule has 0 radical (unpaired) electrons. The first-order valence-electron chi connectivity index (χ1n) is 5.50. The predicted molar refractivity (Wildman–Crippen MR) is 63.1 cm³/mol. The van der Waals surface area contributed by atoms with Crippen LogP contribution in [0.2, 0.25) is 5.02 Å². The lowest BCUT2D eigenvalue weighted by molar-refractivity contribution is 0.119. The van der Waals surface area contributed by atoms with Gasteiger partial charge in [-0.25, -0.2) is 0 Å². The van der Waals surface area contributed by atoms with Crippen molar-refractivity contribution in [1.29, 1.82) is 0 Å². The average Bonchev–Trinajstić information content (AvgIpc) is 3.05. The zero-order chi connectivity index (χ0) is 10.9. The molecule has 1 aliphatic rings. The lowest BCUT2D eigenvalue weighted by atomic mass is 9.80. The van der Waals surface area contributed by atoms with E-state index in [0.717, 1.165) is 17.0 Å². The number of aliphatic hydroxyl groups excluding tert-OH is 1. The molecule has 1 N–H and O–H groups in total. The Morgan fingerprint density at radius 1 is 1.40 bits per heavy atom. The van der Waals surface area contributed by atoms with Crippen molar-refractivity contribution >= 4 is 11.6 Å². The van der Waals surface area contributed by atoms with E-state index in [1.54, 1.807) is 0 Å². The van der Waals surface area contributed by atoms with E-state index in [1.807, 2.05) is 18.2 Å². The molecule has 0 spiro atoms. The van der Waals surface area contributed by atoms with E-state index in [4.69, 9.17) is 11.6 Å². The van der Waals surface area contributed by atoms with Gasteiger partial charge in [-0.15, -0.1) is 0 Å². The van der Waals surface area contributed by atoms with Crippen molar-refractivity contribution in [2.24, 2.45) is 11.3 Å². The highest BCUT2D eigenvalue weighted by molar-refractivity contribution is 6.31. The highest BCUT2D eigenvalue weighted by atomic mass is 35.5. The highest BCUT2D eigenvalue weighted by Crippen LogP contribution is 2.47. The molecule has 1 saturated carbocycles. The Bertz CT molecular complexity index is 346. The molecule has 1 fully saturated rings. The first-order chi connectivity index (χ1) is 7.15. The molecule has 2 rings (SSSR count). The Morgan fingerprint density at radius 3 is 2.60 bits per heavy atom. The SMILES string of the molecule is CC(CO)(Cc1ccccc1Cl)C1CC1. The van der Waals surface area contributed by atoms with Gasteiger partial charge in [-0.3, -0.25) is 0 Å². The smallest absolute Gasteiger partial charge is 0.0490 e. The fraction of sp³-hybridized carbons (Fsp3) is 0.538. The summed E-state index contributed by atoms with van der Waals surface area (Å²) in [5.41, 5.74) is 1.17. The minimum Gasteiger partial charge on any atom is -0.396 e. The third kappa shape index (κ3) is 2.35. The Labute approximate surface area is 96.1 Å². The summed E-state index contributed by atoms with van der Waals surface area (Å²) >= 11 is 6.13. The van der Waals surface area contributed by atoms with Crippen molar-refractivity contribution in [2.75, 3.05) is 6.61 Å². The van der Waals surface area contributed by atoms with Crippen LogP contribution in [-0.2, 0) is 6.42 Å². The number of hydrogen-bond donors (Lipinski definition) is 1. The molecule has 0 aromatic heterocycles. The van der Waals surface area contributed by atoms with E-state index >= 15 is 0 Å². The molecule has 1 atom stereocenters. The predicted octanol–water partition coefficient (Wildman–Crippen LogP) is 3.29. The number of rotatable bonds is 4. The molecule has 0 bridgehead atoms. The van der Waals surface area contributed by atoms with Crippen molar-refractivity contribution in [2.45, 2.75) is 26.2 Å². The zero-order valence-electron chi connectivity index (χ0n) is 9.04. The van der Waals surface area contributed by atoms with Gasteiger partial charge >= 0.3 is 0 Å². The summed E-state index contributed by atoms with van der Waals surface area (Å²) in [6.07, 6.45) is 3.39. The van der Waals surface area contributed by atoms with Crippen molar-refractivity contribution in [3.05, 3.63) is 34.9 Å². The molecule has 1 nitrogen and oxygen atoms in total. The molecule has 82 valence electrons. The van der Waals surface area contributed by atoms with Gasteiger partial charge in [0.25, 0.3) is 0 Å². The summed E-state index contributed by atoms with van der Waals surface area (Å²) in [5.74, 6) is 0.679. The van der Waals surface area contributed by atoms with E-state index in [2.05, 4.69) is 13.0 Å². The van der Waals surface area contributed by atoms with Crippen LogP contribution in [0.4, 0.5) is 0 Å². The number of aliphatic hydroxyl groups is 1. The van der Waals surface area contributed by atoms with Gasteiger partial charge in [-0.2, -0.15) is 0 Å². The topological polar surface area (TPSA) is 20.2 Å². The first kappa shape index (κ1) is 11.0. The number of halogens is 1.